The van der Waals surface area contributed by atoms with E-state index in [0.29, 0.717) is 0 Å². The summed E-state index contributed by atoms with van der Waals surface area (Å²) in [6.07, 6.45) is 1.93. The molecule has 0 bridgehead atoms. The maximum atomic E-state index is 4.69. The molecule has 0 radical (unpaired) electrons. The second-order valence-electron chi connectivity index (χ2n) is 4.86. The molecule has 0 saturated heterocycles. The topological polar surface area (TPSA) is 12.9 Å². The first-order valence-electron chi connectivity index (χ1n) is 6.49. The van der Waals surface area contributed by atoms with E-state index < -0.39 is 0 Å². The van der Waals surface area contributed by atoms with Crippen molar-refractivity contribution in [2.45, 2.75) is 0 Å². The SMILES string of the molecule is c1ccc2c(c1)sc1cccc3sc4ccnc2c4c13. The van der Waals surface area contributed by atoms with E-state index in [1.165, 1.54) is 35.0 Å². The van der Waals surface area contributed by atoms with Gasteiger partial charge in [-0.3, -0.25) is 4.98 Å². The molecule has 0 unspecified atom stereocenters. The van der Waals surface area contributed by atoms with Crippen LogP contribution in [0.25, 0.3) is 40.5 Å². The molecule has 0 aliphatic rings. The Bertz CT molecular complexity index is 1100. The zero-order chi connectivity index (χ0) is 13.1. The van der Waals surface area contributed by atoms with E-state index in [0.717, 1.165) is 5.52 Å². The van der Waals surface area contributed by atoms with Gasteiger partial charge in [0.15, 0.2) is 0 Å². The van der Waals surface area contributed by atoms with Gasteiger partial charge in [0.1, 0.15) is 0 Å². The van der Waals surface area contributed by atoms with Gasteiger partial charge in [0.05, 0.1) is 5.52 Å². The Balaban J connectivity index is 2.32. The molecule has 0 amide bonds. The predicted octanol–water partition coefficient (Wildman–Crippen LogP) is 5.82. The van der Waals surface area contributed by atoms with Crippen LogP contribution < -0.4 is 0 Å². The number of hydrogen-bond donors (Lipinski definition) is 0. The van der Waals surface area contributed by atoms with Gasteiger partial charge in [-0.05, 0) is 24.3 Å². The van der Waals surface area contributed by atoms with Gasteiger partial charge in [-0.2, -0.15) is 0 Å². The normalized spacial score (nSPS) is 12.0. The van der Waals surface area contributed by atoms with E-state index in [4.69, 9.17) is 0 Å². The predicted molar refractivity (Wildman–Crippen MR) is 90.0 cm³/mol. The van der Waals surface area contributed by atoms with Crippen LogP contribution in [0, 0.1) is 0 Å². The Labute approximate surface area is 123 Å². The highest BCUT2D eigenvalue weighted by Crippen LogP contribution is 2.42. The first kappa shape index (κ1) is 10.8. The van der Waals surface area contributed by atoms with E-state index in [9.17, 15) is 0 Å². The molecule has 0 N–H and O–H groups in total. The Hall–Kier alpha value is -1.97. The van der Waals surface area contributed by atoms with E-state index >= 15 is 0 Å². The summed E-state index contributed by atoms with van der Waals surface area (Å²) in [7, 11) is 0. The van der Waals surface area contributed by atoms with Crippen molar-refractivity contribution in [1.29, 1.82) is 0 Å². The molecular formula is C17H9NS2. The van der Waals surface area contributed by atoms with E-state index in [-0.39, 0.29) is 0 Å². The molecule has 3 aromatic heterocycles. The molecule has 0 aliphatic carbocycles. The number of nitrogens with zero attached hydrogens (tertiary/aromatic N) is 1. The van der Waals surface area contributed by atoms with Crippen LogP contribution in [0.5, 0.6) is 0 Å². The highest BCUT2D eigenvalue weighted by molar-refractivity contribution is 7.29. The van der Waals surface area contributed by atoms with Crippen molar-refractivity contribution in [3.8, 4) is 0 Å². The molecule has 94 valence electrons. The lowest BCUT2D eigenvalue weighted by molar-refractivity contribution is 1.45. The van der Waals surface area contributed by atoms with E-state index in [2.05, 4.69) is 53.5 Å². The largest absolute Gasteiger partial charge is 0.255 e. The van der Waals surface area contributed by atoms with Crippen LogP contribution in [0.1, 0.15) is 0 Å². The zero-order valence-electron chi connectivity index (χ0n) is 10.5. The number of fused-ring (bicyclic) bond motifs is 2. The minimum atomic E-state index is 1.13. The molecular weight excluding hydrogens is 282 g/mol. The van der Waals surface area contributed by atoms with Gasteiger partial charge in [-0.25, -0.2) is 0 Å². The molecule has 5 rings (SSSR count). The monoisotopic (exact) mass is 291 g/mol. The first-order valence-corrected chi connectivity index (χ1v) is 8.12. The summed E-state index contributed by atoms with van der Waals surface area (Å²) in [5.74, 6) is 0. The molecule has 0 fully saturated rings. The lowest BCUT2D eigenvalue weighted by Gasteiger charge is -1.96. The molecule has 0 saturated carbocycles. The third-order valence-electron chi connectivity index (χ3n) is 3.73. The molecule has 0 aliphatic heterocycles. The van der Waals surface area contributed by atoms with Gasteiger partial charge < -0.3 is 0 Å². The van der Waals surface area contributed by atoms with Gasteiger partial charge in [0.2, 0.25) is 0 Å². The average Bonchev–Trinajstić information content (AvgIpc) is 2.79. The van der Waals surface area contributed by atoms with Gasteiger partial charge in [-0.1, -0.05) is 24.3 Å². The third kappa shape index (κ3) is 1.29. The summed E-state index contributed by atoms with van der Waals surface area (Å²) in [6, 6.07) is 17.3. The van der Waals surface area contributed by atoms with Crippen LogP contribution in [-0.4, -0.2) is 4.98 Å². The van der Waals surface area contributed by atoms with Gasteiger partial charge in [0.25, 0.3) is 0 Å². The summed E-state index contributed by atoms with van der Waals surface area (Å²) < 4.78 is 5.32. The minimum Gasteiger partial charge on any atom is -0.255 e. The summed E-state index contributed by atoms with van der Waals surface area (Å²) >= 11 is 3.71. The maximum absolute atomic E-state index is 4.69. The third-order valence-corrected chi connectivity index (χ3v) is 5.99. The lowest BCUT2D eigenvalue weighted by Crippen LogP contribution is -1.75. The van der Waals surface area contributed by atoms with Crippen molar-refractivity contribution in [3.63, 3.8) is 0 Å². The molecule has 0 atom stereocenters. The van der Waals surface area contributed by atoms with Crippen molar-refractivity contribution < 1.29 is 0 Å². The van der Waals surface area contributed by atoms with Crippen LogP contribution in [0.15, 0.2) is 54.7 Å². The van der Waals surface area contributed by atoms with Crippen LogP contribution >= 0.6 is 22.7 Å². The quantitative estimate of drug-likeness (QED) is 0.350. The Morgan fingerprint density at radius 3 is 2.25 bits per heavy atom. The fourth-order valence-electron chi connectivity index (χ4n) is 2.89. The smallest absolute Gasteiger partial charge is 0.0809 e. The summed E-state index contributed by atoms with van der Waals surface area (Å²) in [4.78, 5) is 4.69. The van der Waals surface area contributed by atoms with Gasteiger partial charge in [-0.15, -0.1) is 22.7 Å². The van der Waals surface area contributed by atoms with Crippen LogP contribution in [0.3, 0.4) is 0 Å². The molecule has 20 heavy (non-hydrogen) atoms. The Morgan fingerprint density at radius 2 is 1.35 bits per heavy atom. The van der Waals surface area contributed by atoms with Gasteiger partial charge in [0, 0.05) is 41.2 Å². The minimum absolute atomic E-state index is 1.13. The van der Waals surface area contributed by atoms with Crippen molar-refractivity contribution in [1.82, 2.24) is 4.98 Å². The van der Waals surface area contributed by atoms with Crippen LogP contribution in [0.2, 0.25) is 0 Å². The molecule has 5 aromatic rings. The summed E-state index contributed by atoms with van der Waals surface area (Å²) in [5.41, 5.74) is 1.13. The highest BCUT2D eigenvalue weighted by atomic mass is 32.1. The van der Waals surface area contributed by atoms with Gasteiger partial charge >= 0.3 is 0 Å². The number of thiophene rings is 1. The molecule has 1 nitrogen and oxygen atoms in total. The summed E-state index contributed by atoms with van der Waals surface area (Å²) in [6.45, 7) is 0. The van der Waals surface area contributed by atoms with Crippen molar-refractivity contribution in [3.05, 3.63) is 54.7 Å². The van der Waals surface area contributed by atoms with Crippen molar-refractivity contribution in [2.24, 2.45) is 0 Å². The zero-order valence-corrected chi connectivity index (χ0v) is 12.1. The molecule has 0 spiro atoms. The van der Waals surface area contributed by atoms with Crippen molar-refractivity contribution in [2.75, 3.05) is 0 Å². The Kier molecular flexibility index (Phi) is 2.04. The first-order chi connectivity index (χ1) is 9.92. The second kappa shape index (κ2) is 3.78. The fraction of sp³-hybridized carbons (Fsp3) is 0. The lowest BCUT2D eigenvalue weighted by atomic mass is 10.1. The standard InChI is InChI=1S/C17H9NS2/c1-2-5-11-10(4-1)17-16-14(8-9-18-17)20-13-7-3-6-12(19-11)15(13)16/h1-9H. The fourth-order valence-corrected chi connectivity index (χ4v) is 5.20. The maximum Gasteiger partial charge on any atom is 0.0809 e. The van der Waals surface area contributed by atoms with E-state index in [1.807, 2.05) is 28.9 Å². The van der Waals surface area contributed by atoms with Crippen LogP contribution in [0.4, 0.5) is 0 Å². The molecule has 2 aromatic carbocycles. The average molecular weight is 291 g/mol. The highest BCUT2D eigenvalue weighted by Gasteiger charge is 2.13. The van der Waals surface area contributed by atoms with Crippen LogP contribution in [-0.2, 0) is 0 Å². The Morgan fingerprint density at radius 1 is 0.650 bits per heavy atom. The number of hydrogen-bond acceptors (Lipinski definition) is 3. The second-order valence-corrected chi connectivity index (χ2v) is 7.03. The van der Waals surface area contributed by atoms with Crippen molar-refractivity contribution >= 4 is 63.1 Å². The molecule has 3 heteroatoms. The molecule has 3 heterocycles. The number of pyridine rings is 1. The number of rotatable bonds is 0. The summed E-state index contributed by atoms with van der Waals surface area (Å²) in [5, 5.41) is 3.94. The number of aromatic nitrogens is 1. The van der Waals surface area contributed by atoms with E-state index in [1.54, 1.807) is 0 Å². The number of benzene rings is 2.